The van der Waals surface area contributed by atoms with Crippen LogP contribution in [0.3, 0.4) is 0 Å². The van der Waals surface area contributed by atoms with Gasteiger partial charge in [-0.1, -0.05) is 6.42 Å². The zero-order valence-electron chi connectivity index (χ0n) is 10.3. The van der Waals surface area contributed by atoms with Crippen molar-refractivity contribution in [2.45, 2.75) is 31.4 Å². The van der Waals surface area contributed by atoms with Crippen LogP contribution in [0.5, 0.6) is 0 Å². The van der Waals surface area contributed by atoms with Gasteiger partial charge in [0.2, 0.25) is 0 Å². The summed E-state index contributed by atoms with van der Waals surface area (Å²) in [5, 5.41) is 3.64. The molecule has 0 aromatic rings. The molecule has 3 unspecified atom stereocenters. The van der Waals surface area contributed by atoms with Gasteiger partial charge in [-0.2, -0.15) is 0 Å². The topological polar surface area (TPSA) is 50.5 Å². The molecule has 4 nitrogen and oxygen atoms in total. The quantitative estimate of drug-likeness (QED) is 0.712. The van der Waals surface area contributed by atoms with Crippen LogP contribution in [0.15, 0.2) is 0 Å². The molecule has 1 heterocycles. The molecule has 3 N–H and O–H groups in total. The molecule has 1 aliphatic heterocycles. The monoisotopic (exact) mass is 227 g/mol. The zero-order chi connectivity index (χ0) is 11.4. The van der Waals surface area contributed by atoms with Crippen LogP contribution in [-0.2, 0) is 4.74 Å². The Labute approximate surface area is 98.5 Å². The average molecular weight is 227 g/mol. The predicted octanol–water partition coefficient (Wildman–Crippen LogP) is 0.0340. The van der Waals surface area contributed by atoms with E-state index in [1.54, 1.807) is 0 Å². The van der Waals surface area contributed by atoms with E-state index in [0.29, 0.717) is 18.1 Å². The van der Waals surface area contributed by atoms with Gasteiger partial charge in [-0.15, -0.1) is 0 Å². The summed E-state index contributed by atoms with van der Waals surface area (Å²) in [6, 6.07) is 0.626. The molecule has 2 rings (SSSR count). The Kier molecular flexibility index (Phi) is 4.58. The number of ether oxygens (including phenoxy) is 1. The van der Waals surface area contributed by atoms with Crippen molar-refractivity contribution in [2.24, 2.45) is 11.7 Å². The number of nitrogens with zero attached hydrogens (tertiary/aromatic N) is 1. The molecule has 2 aliphatic rings. The number of hydrogen-bond donors (Lipinski definition) is 2. The van der Waals surface area contributed by atoms with Gasteiger partial charge in [0, 0.05) is 25.7 Å². The van der Waals surface area contributed by atoms with E-state index in [1.807, 2.05) is 0 Å². The highest BCUT2D eigenvalue weighted by atomic mass is 16.5. The molecule has 1 aliphatic carbocycles. The number of rotatable bonds is 4. The number of nitrogens with one attached hydrogen (secondary N) is 1. The fraction of sp³-hybridized carbons (Fsp3) is 1.00. The predicted molar refractivity (Wildman–Crippen MR) is 65.4 cm³/mol. The van der Waals surface area contributed by atoms with E-state index in [1.165, 1.54) is 19.3 Å². The van der Waals surface area contributed by atoms with Gasteiger partial charge in [-0.05, 0) is 32.4 Å². The minimum Gasteiger partial charge on any atom is -0.374 e. The lowest BCUT2D eigenvalue weighted by atomic mass is 10.0. The molecule has 4 heteroatoms. The number of hydrogen-bond acceptors (Lipinski definition) is 4. The SMILES string of the molecule is CN1CCOC(CNC2CCCC2CN)C1. The van der Waals surface area contributed by atoms with Crippen molar-refractivity contribution in [3.8, 4) is 0 Å². The standard InChI is InChI=1S/C12H25N3O/c1-15-5-6-16-11(9-15)8-14-12-4-2-3-10(12)7-13/h10-12,14H,2-9,13H2,1H3. The van der Waals surface area contributed by atoms with Gasteiger partial charge < -0.3 is 20.7 Å². The second-order valence-electron chi connectivity index (χ2n) is 5.20. The van der Waals surface area contributed by atoms with Gasteiger partial charge in [0.25, 0.3) is 0 Å². The van der Waals surface area contributed by atoms with E-state index in [-0.39, 0.29) is 0 Å². The van der Waals surface area contributed by atoms with Crippen molar-refractivity contribution in [1.29, 1.82) is 0 Å². The molecule has 94 valence electrons. The summed E-state index contributed by atoms with van der Waals surface area (Å²) < 4.78 is 5.74. The number of morpholine rings is 1. The summed E-state index contributed by atoms with van der Waals surface area (Å²) >= 11 is 0. The molecule has 0 aromatic heterocycles. The van der Waals surface area contributed by atoms with E-state index in [9.17, 15) is 0 Å². The van der Waals surface area contributed by atoms with Crippen molar-refractivity contribution < 1.29 is 4.74 Å². The molecule has 0 spiro atoms. The van der Waals surface area contributed by atoms with Crippen LogP contribution in [-0.4, -0.2) is 56.9 Å². The van der Waals surface area contributed by atoms with Crippen molar-refractivity contribution in [3.63, 3.8) is 0 Å². The molecular weight excluding hydrogens is 202 g/mol. The summed E-state index contributed by atoms with van der Waals surface area (Å²) in [6.45, 7) is 4.78. The highest BCUT2D eigenvalue weighted by Crippen LogP contribution is 2.24. The molecule has 1 saturated carbocycles. The molecule has 1 saturated heterocycles. The van der Waals surface area contributed by atoms with Crippen LogP contribution in [0, 0.1) is 5.92 Å². The van der Waals surface area contributed by atoms with Gasteiger partial charge in [0.15, 0.2) is 0 Å². The third-order valence-electron chi connectivity index (χ3n) is 3.91. The van der Waals surface area contributed by atoms with Crippen molar-refractivity contribution in [1.82, 2.24) is 10.2 Å². The fourth-order valence-corrected chi connectivity index (χ4v) is 2.86. The summed E-state index contributed by atoms with van der Waals surface area (Å²) in [6.07, 6.45) is 4.26. The first-order valence-electron chi connectivity index (χ1n) is 6.53. The van der Waals surface area contributed by atoms with Gasteiger partial charge in [0.1, 0.15) is 0 Å². The molecule has 0 amide bonds. The van der Waals surface area contributed by atoms with Crippen LogP contribution in [0.25, 0.3) is 0 Å². The van der Waals surface area contributed by atoms with Crippen molar-refractivity contribution in [2.75, 3.05) is 39.8 Å². The van der Waals surface area contributed by atoms with Crippen LogP contribution in [0.4, 0.5) is 0 Å². The summed E-state index contributed by atoms with van der Waals surface area (Å²) in [7, 11) is 2.16. The highest BCUT2D eigenvalue weighted by molar-refractivity contribution is 4.85. The Balaban J connectivity index is 1.70. The Bertz CT molecular complexity index is 212. The average Bonchev–Trinajstić information content (AvgIpc) is 2.74. The molecule has 16 heavy (non-hydrogen) atoms. The maximum Gasteiger partial charge on any atom is 0.0826 e. The first-order chi connectivity index (χ1) is 7.79. The van der Waals surface area contributed by atoms with Crippen LogP contribution >= 0.6 is 0 Å². The maximum absolute atomic E-state index is 5.78. The third-order valence-corrected chi connectivity index (χ3v) is 3.91. The first-order valence-corrected chi connectivity index (χ1v) is 6.53. The van der Waals surface area contributed by atoms with Gasteiger partial charge in [-0.3, -0.25) is 0 Å². The molecular formula is C12H25N3O. The minimum atomic E-state index is 0.359. The maximum atomic E-state index is 5.78. The van der Waals surface area contributed by atoms with E-state index in [0.717, 1.165) is 32.8 Å². The lowest BCUT2D eigenvalue weighted by Gasteiger charge is -2.31. The molecule has 2 fully saturated rings. The first kappa shape index (κ1) is 12.3. The Morgan fingerprint density at radius 1 is 1.44 bits per heavy atom. The second kappa shape index (κ2) is 5.96. The molecule has 0 bridgehead atoms. The smallest absolute Gasteiger partial charge is 0.0826 e. The Hall–Kier alpha value is -0.160. The minimum absolute atomic E-state index is 0.359. The number of likely N-dealkylation sites (N-methyl/N-ethyl adjacent to an activating group) is 1. The third kappa shape index (κ3) is 3.17. The molecule has 0 radical (unpaired) electrons. The second-order valence-corrected chi connectivity index (χ2v) is 5.20. The molecule has 0 aromatic carbocycles. The van der Waals surface area contributed by atoms with Gasteiger partial charge in [-0.25, -0.2) is 0 Å². The summed E-state index contributed by atoms with van der Waals surface area (Å²) in [4.78, 5) is 2.34. The fourth-order valence-electron chi connectivity index (χ4n) is 2.86. The van der Waals surface area contributed by atoms with Crippen LogP contribution in [0.2, 0.25) is 0 Å². The Morgan fingerprint density at radius 2 is 2.31 bits per heavy atom. The summed E-state index contributed by atoms with van der Waals surface area (Å²) in [5.74, 6) is 0.682. The Morgan fingerprint density at radius 3 is 3.06 bits per heavy atom. The van der Waals surface area contributed by atoms with Crippen LogP contribution < -0.4 is 11.1 Å². The molecule has 3 atom stereocenters. The van der Waals surface area contributed by atoms with Crippen LogP contribution in [0.1, 0.15) is 19.3 Å². The highest BCUT2D eigenvalue weighted by Gasteiger charge is 2.27. The normalized spacial score (nSPS) is 36.8. The van der Waals surface area contributed by atoms with Crippen molar-refractivity contribution >= 4 is 0 Å². The van der Waals surface area contributed by atoms with E-state index < -0.39 is 0 Å². The van der Waals surface area contributed by atoms with Crippen molar-refractivity contribution in [3.05, 3.63) is 0 Å². The lowest BCUT2D eigenvalue weighted by Crippen LogP contribution is -2.48. The largest absolute Gasteiger partial charge is 0.374 e. The zero-order valence-corrected chi connectivity index (χ0v) is 10.3. The van der Waals surface area contributed by atoms with Gasteiger partial charge >= 0.3 is 0 Å². The lowest BCUT2D eigenvalue weighted by molar-refractivity contribution is -0.0197. The number of nitrogens with two attached hydrogens (primary N) is 1. The van der Waals surface area contributed by atoms with Gasteiger partial charge in [0.05, 0.1) is 12.7 Å². The van der Waals surface area contributed by atoms with E-state index >= 15 is 0 Å². The van der Waals surface area contributed by atoms with E-state index in [4.69, 9.17) is 10.5 Å². The van der Waals surface area contributed by atoms with E-state index in [2.05, 4.69) is 17.3 Å². The summed E-state index contributed by atoms with van der Waals surface area (Å²) in [5.41, 5.74) is 5.78.